The van der Waals surface area contributed by atoms with E-state index in [0.29, 0.717) is 32.7 Å². The van der Waals surface area contributed by atoms with Crippen LogP contribution in [-0.2, 0) is 0 Å². The van der Waals surface area contributed by atoms with Crippen molar-refractivity contribution in [2.45, 2.75) is 44.3 Å². The van der Waals surface area contributed by atoms with Crippen LogP contribution >= 0.6 is 0 Å². The summed E-state index contributed by atoms with van der Waals surface area (Å²) in [7, 11) is 0. The van der Waals surface area contributed by atoms with E-state index in [4.69, 9.17) is 9.47 Å². The molecule has 0 bridgehead atoms. The molecular formula is C25H38N2O4. The summed E-state index contributed by atoms with van der Waals surface area (Å²) in [5.74, 6) is 1.62. The first kappa shape index (κ1) is 25.1. The van der Waals surface area contributed by atoms with Crippen molar-refractivity contribution in [2.24, 2.45) is 0 Å². The number of hydrogen-bond donors (Lipinski definition) is 4. The molecule has 0 saturated carbocycles. The minimum Gasteiger partial charge on any atom is -0.493 e. The lowest BCUT2D eigenvalue weighted by atomic mass is 10.2. The minimum atomic E-state index is -0.506. The van der Waals surface area contributed by atoms with Gasteiger partial charge in [-0.25, -0.2) is 0 Å². The van der Waals surface area contributed by atoms with Crippen LogP contribution < -0.4 is 20.1 Å². The molecule has 0 aromatic heterocycles. The monoisotopic (exact) mass is 430 g/mol. The van der Waals surface area contributed by atoms with Crippen molar-refractivity contribution in [3.05, 3.63) is 60.7 Å². The maximum absolute atomic E-state index is 9.99. The Morgan fingerprint density at radius 3 is 1.74 bits per heavy atom. The first-order valence-corrected chi connectivity index (χ1v) is 11.4. The van der Waals surface area contributed by atoms with Gasteiger partial charge in [-0.15, -0.1) is 0 Å². The van der Waals surface area contributed by atoms with Gasteiger partial charge < -0.3 is 30.3 Å². The number of benzene rings is 2. The third-order valence-corrected chi connectivity index (χ3v) is 4.87. The summed E-state index contributed by atoms with van der Waals surface area (Å²) in [4.78, 5) is 0. The summed E-state index contributed by atoms with van der Waals surface area (Å²) in [6.45, 7) is 3.78. The molecule has 172 valence electrons. The molecular weight excluding hydrogens is 392 g/mol. The lowest BCUT2D eigenvalue weighted by Gasteiger charge is -2.13. The lowest BCUT2D eigenvalue weighted by Crippen LogP contribution is -2.32. The number of aliphatic hydroxyl groups excluding tert-OH is 2. The van der Waals surface area contributed by atoms with Crippen molar-refractivity contribution in [1.29, 1.82) is 0 Å². The van der Waals surface area contributed by atoms with Crippen LogP contribution in [0.5, 0.6) is 11.5 Å². The topological polar surface area (TPSA) is 83.0 Å². The third-order valence-electron chi connectivity index (χ3n) is 4.87. The first-order chi connectivity index (χ1) is 15.2. The van der Waals surface area contributed by atoms with E-state index >= 15 is 0 Å². The average molecular weight is 431 g/mol. The summed E-state index contributed by atoms with van der Waals surface area (Å²) in [6, 6.07) is 19.2. The summed E-state index contributed by atoms with van der Waals surface area (Å²) in [5.41, 5.74) is 0. The van der Waals surface area contributed by atoms with Crippen LogP contribution in [0, 0.1) is 0 Å². The smallest absolute Gasteiger partial charge is 0.119 e. The molecule has 0 aliphatic rings. The SMILES string of the molecule is OC(CCOc1ccccc1)CNCCCCCCNCC(O)COc1ccccc1. The average Bonchev–Trinajstić information content (AvgIpc) is 2.80. The number of nitrogens with one attached hydrogen (secondary N) is 2. The molecule has 6 nitrogen and oxygen atoms in total. The van der Waals surface area contributed by atoms with E-state index in [0.717, 1.165) is 50.3 Å². The largest absolute Gasteiger partial charge is 0.493 e. The van der Waals surface area contributed by atoms with Crippen LogP contribution in [0.1, 0.15) is 32.1 Å². The molecule has 0 amide bonds. The van der Waals surface area contributed by atoms with Crippen molar-refractivity contribution in [1.82, 2.24) is 10.6 Å². The van der Waals surface area contributed by atoms with Crippen molar-refractivity contribution in [2.75, 3.05) is 39.4 Å². The molecule has 0 aliphatic carbocycles. The van der Waals surface area contributed by atoms with Crippen LogP contribution in [0.2, 0.25) is 0 Å². The highest BCUT2D eigenvalue weighted by Gasteiger charge is 2.05. The Morgan fingerprint density at radius 2 is 1.16 bits per heavy atom. The van der Waals surface area contributed by atoms with Crippen molar-refractivity contribution < 1.29 is 19.7 Å². The van der Waals surface area contributed by atoms with Gasteiger partial charge in [0.25, 0.3) is 0 Å². The molecule has 0 saturated heterocycles. The maximum atomic E-state index is 9.99. The molecule has 2 unspecified atom stereocenters. The molecule has 2 rings (SSSR count). The molecule has 2 atom stereocenters. The van der Waals surface area contributed by atoms with E-state index in [9.17, 15) is 10.2 Å². The standard InChI is InChI=1S/C25H38N2O4/c28-22(15-18-30-24-11-5-3-6-12-24)19-26-16-9-1-2-10-17-27-20-23(29)21-31-25-13-7-4-8-14-25/h3-8,11-14,22-23,26-29H,1-2,9-10,15-21H2. The molecule has 0 fully saturated rings. The number of hydrogen-bond acceptors (Lipinski definition) is 6. The van der Waals surface area contributed by atoms with Crippen LogP contribution in [0.3, 0.4) is 0 Å². The van der Waals surface area contributed by atoms with E-state index in [-0.39, 0.29) is 6.10 Å². The number of ether oxygens (including phenoxy) is 2. The summed E-state index contributed by atoms with van der Waals surface area (Å²) in [6.07, 6.45) is 4.22. The van der Waals surface area contributed by atoms with Gasteiger partial charge in [0.15, 0.2) is 0 Å². The fraction of sp³-hybridized carbons (Fsp3) is 0.520. The number of unbranched alkanes of at least 4 members (excludes halogenated alkanes) is 3. The van der Waals surface area contributed by atoms with E-state index in [1.165, 1.54) is 0 Å². The van der Waals surface area contributed by atoms with Crippen LogP contribution in [0.25, 0.3) is 0 Å². The summed E-state index contributed by atoms with van der Waals surface area (Å²) in [5, 5.41) is 26.5. The third kappa shape index (κ3) is 13.0. The highest BCUT2D eigenvalue weighted by Crippen LogP contribution is 2.09. The van der Waals surface area contributed by atoms with Crippen LogP contribution in [0.4, 0.5) is 0 Å². The Bertz CT molecular complexity index is 657. The molecule has 2 aromatic carbocycles. The van der Waals surface area contributed by atoms with Gasteiger partial charge in [-0.05, 0) is 50.2 Å². The second-order valence-corrected chi connectivity index (χ2v) is 7.70. The van der Waals surface area contributed by atoms with Gasteiger partial charge >= 0.3 is 0 Å². The Balaban J connectivity index is 1.32. The molecule has 0 radical (unpaired) electrons. The highest BCUT2D eigenvalue weighted by atomic mass is 16.5. The molecule has 31 heavy (non-hydrogen) atoms. The summed E-state index contributed by atoms with van der Waals surface area (Å²) < 4.78 is 11.1. The number of rotatable bonds is 18. The lowest BCUT2D eigenvalue weighted by molar-refractivity contribution is 0.106. The van der Waals surface area contributed by atoms with E-state index < -0.39 is 6.10 Å². The van der Waals surface area contributed by atoms with Gasteiger partial charge in [-0.2, -0.15) is 0 Å². The van der Waals surface area contributed by atoms with Gasteiger partial charge in [0.2, 0.25) is 0 Å². The second kappa shape index (κ2) is 16.6. The molecule has 4 N–H and O–H groups in total. The molecule has 0 aliphatic heterocycles. The molecule has 0 heterocycles. The van der Waals surface area contributed by atoms with Gasteiger partial charge in [0.05, 0.1) is 12.7 Å². The molecule has 2 aromatic rings. The van der Waals surface area contributed by atoms with Crippen LogP contribution in [-0.4, -0.2) is 61.8 Å². The fourth-order valence-electron chi connectivity index (χ4n) is 3.09. The van der Waals surface area contributed by atoms with Crippen molar-refractivity contribution >= 4 is 0 Å². The first-order valence-electron chi connectivity index (χ1n) is 11.4. The second-order valence-electron chi connectivity index (χ2n) is 7.70. The normalized spacial score (nSPS) is 13.0. The van der Waals surface area contributed by atoms with E-state index in [2.05, 4.69) is 10.6 Å². The zero-order chi connectivity index (χ0) is 22.0. The van der Waals surface area contributed by atoms with Gasteiger partial charge in [0.1, 0.15) is 24.2 Å². The summed E-state index contributed by atoms with van der Waals surface area (Å²) >= 11 is 0. The Hall–Kier alpha value is -2.12. The van der Waals surface area contributed by atoms with Crippen molar-refractivity contribution in [3.63, 3.8) is 0 Å². The molecule has 6 heteroatoms. The predicted molar refractivity (Wildman–Crippen MR) is 125 cm³/mol. The van der Waals surface area contributed by atoms with Gasteiger partial charge in [-0.1, -0.05) is 49.2 Å². The number of aliphatic hydroxyl groups is 2. The van der Waals surface area contributed by atoms with Crippen molar-refractivity contribution in [3.8, 4) is 11.5 Å². The maximum Gasteiger partial charge on any atom is 0.119 e. The minimum absolute atomic E-state index is 0.299. The zero-order valence-electron chi connectivity index (χ0n) is 18.4. The van der Waals surface area contributed by atoms with Gasteiger partial charge in [0, 0.05) is 19.5 Å². The van der Waals surface area contributed by atoms with E-state index in [1.807, 2.05) is 60.7 Å². The highest BCUT2D eigenvalue weighted by molar-refractivity contribution is 5.21. The predicted octanol–water partition coefficient (Wildman–Crippen LogP) is 3.00. The number of para-hydroxylation sites is 2. The Labute approximate surface area is 186 Å². The van der Waals surface area contributed by atoms with Crippen LogP contribution in [0.15, 0.2) is 60.7 Å². The Kier molecular flexibility index (Phi) is 13.4. The van der Waals surface area contributed by atoms with Gasteiger partial charge in [-0.3, -0.25) is 0 Å². The fourth-order valence-corrected chi connectivity index (χ4v) is 3.09. The zero-order valence-corrected chi connectivity index (χ0v) is 18.4. The quantitative estimate of drug-likeness (QED) is 0.272. The molecule has 0 spiro atoms. The Morgan fingerprint density at radius 1 is 0.645 bits per heavy atom. The van der Waals surface area contributed by atoms with E-state index in [1.54, 1.807) is 0 Å².